The number of cyclic esters (lactones) is 2. The van der Waals surface area contributed by atoms with Crippen LogP contribution in [0.5, 0.6) is 0 Å². The Morgan fingerprint density at radius 1 is 0.885 bits per heavy atom. The fraction of sp³-hybridized carbons (Fsp3) is 0.650. The molecule has 2 fully saturated rings. The highest BCUT2D eigenvalue weighted by atomic mass is 16.6. The molecule has 288 valence electrons. The molecule has 8 unspecified atom stereocenters. The molecule has 0 aliphatic carbocycles. The number of hydrogen-bond donors (Lipinski definition) is 2. The van der Waals surface area contributed by atoms with Crippen molar-refractivity contribution in [2.45, 2.75) is 130 Å². The van der Waals surface area contributed by atoms with Crippen LogP contribution in [0.3, 0.4) is 0 Å². The maximum atomic E-state index is 14.3. The monoisotopic (exact) mass is 724 g/mol. The number of carbonyl (C=O) groups is 6. The molecule has 2 N–H and O–H groups in total. The lowest BCUT2D eigenvalue weighted by Gasteiger charge is -2.35. The van der Waals surface area contributed by atoms with Crippen LogP contribution in [0, 0.1) is 23.7 Å². The van der Waals surface area contributed by atoms with Crippen LogP contribution in [0.25, 0.3) is 0 Å². The van der Waals surface area contributed by atoms with E-state index in [1.165, 1.54) is 16.8 Å². The first-order chi connectivity index (χ1) is 24.6. The van der Waals surface area contributed by atoms with Crippen molar-refractivity contribution < 1.29 is 38.2 Å². The number of ether oxygens (including phenoxy) is 2. The summed E-state index contributed by atoms with van der Waals surface area (Å²) in [5, 5.41) is 5.76. The van der Waals surface area contributed by atoms with E-state index in [0.29, 0.717) is 38.5 Å². The third kappa shape index (κ3) is 10.7. The van der Waals surface area contributed by atoms with Gasteiger partial charge in [-0.1, -0.05) is 91.3 Å². The number of nitrogens with one attached hydrogen (secondary N) is 2. The molecule has 12 heteroatoms. The number of allylic oxidation sites excluding steroid dienone is 1. The van der Waals surface area contributed by atoms with E-state index in [-0.39, 0.29) is 24.8 Å². The highest BCUT2D eigenvalue weighted by Crippen LogP contribution is 2.25. The molecular weight excluding hydrogens is 664 g/mol. The lowest BCUT2D eigenvalue weighted by molar-refractivity contribution is -0.168. The Labute approximate surface area is 309 Å². The fourth-order valence-electron chi connectivity index (χ4n) is 6.92. The summed E-state index contributed by atoms with van der Waals surface area (Å²) in [5.74, 6) is -5.42. The molecule has 0 radical (unpaired) electrons. The summed E-state index contributed by atoms with van der Waals surface area (Å²) in [4.78, 5) is 87.0. The van der Waals surface area contributed by atoms with Crippen molar-refractivity contribution in [3.05, 3.63) is 48.6 Å². The van der Waals surface area contributed by atoms with Crippen molar-refractivity contribution in [3.8, 4) is 0 Å². The molecule has 1 aromatic carbocycles. The number of likely N-dealkylation sites (N-methyl/N-ethyl adjacent to an activating group) is 1. The van der Waals surface area contributed by atoms with Crippen LogP contribution in [0.4, 0.5) is 0 Å². The molecule has 0 bridgehead atoms. The van der Waals surface area contributed by atoms with E-state index in [0.717, 1.165) is 5.56 Å². The Kier molecular flexibility index (Phi) is 15.9. The number of carbonyl (C=O) groups excluding carboxylic acids is 6. The van der Waals surface area contributed by atoms with Gasteiger partial charge in [0, 0.05) is 20.0 Å². The normalized spacial score (nSPS) is 27.9. The summed E-state index contributed by atoms with van der Waals surface area (Å²) in [6, 6.07) is 5.07. The molecule has 2 heterocycles. The molecule has 52 heavy (non-hydrogen) atoms. The average molecular weight is 725 g/mol. The number of fused-ring (bicyclic) bond motifs is 1. The van der Waals surface area contributed by atoms with Gasteiger partial charge in [0.25, 0.3) is 5.91 Å². The second-order valence-electron chi connectivity index (χ2n) is 15.0. The lowest BCUT2D eigenvalue weighted by atomic mass is 9.94. The minimum absolute atomic E-state index is 0.0519. The van der Waals surface area contributed by atoms with E-state index in [2.05, 4.69) is 17.2 Å². The van der Waals surface area contributed by atoms with Crippen molar-refractivity contribution in [1.29, 1.82) is 0 Å². The van der Waals surface area contributed by atoms with E-state index in [1.807, 2.05) is 44.2 Å². The highest BCUT2D eigenvalue weighted by molar-refractivity contribution is 5.95. The van der Waals surface area contributed by atoms with Crippen LogP contribution in [-0.4, -0.2) is 95.3 Å². The molecule has 12 nitrogen and oxygen atoms in total. The number of rotatable bonds is 10. The Hall–Kier alpha value is -4.22. The second-order valence-corrected chi connectivity index (χ2v) is 15.0. The van der Waals surface area contributed by atoms with E-state index in [9.17, 15) is 28.8 Å². The number of nitrogens with zero attached hydrogens (tertiary/aromatic N) is 2. The van der Waals surface area contributed by atoms with Crippen molar-refractivity contribution in [2.75, 3.05) is 13.6 Å². The SMILES string of the molecule is C=CCCCC1OC(=O)C(C(C)CC)NC(=O)C2CCCN2C(=O)C(Cc2ccccc2)OC(=O)C(C(C)C)N(C)C(=O)C(C(C)C)NC(=O)C1C. The summed E-state index contributed by atoms with van der Waals surface area (Å²) in [6.45, 7) is 16.6. The topological polar surface area (TPSA) is 151 Å². The minimum atomic E-state index is -1.29. The number of benzene rings is 1. The van der Waals surface area contributed by atoms with Gasteiger partial charge in [0.15, 0.2) is 6.10 Å². The molecule has 0 saturated carbocycles. The Balaban J connectivity index is 2.14. The zero-order valence-electron chi connectivity index (χ0n) is 32.3. The van der Waals surface area contributed by atoms with Gasteiger partial charge in [-0.3, -0.25) is 19.2 Å². The smallest absolute Gasteiger partial charge is 0.329 e. The lowest BCUT2D eigenvalue weighted by Crippen LogP contribution is -2.57. The standard InChI is InChI=1S/C40H60N4O8/c1-10-12-14-21-30-27(8)35(45)41-32(24(3)4)38(48)43(9)34(25(5)6)40(50)52-31(23-28-18-15-13-16-19-28)37(47)44-22-17-20-29(44)36(46)42-33(26(7)11-2)39(49)51-30/h10,13,15-16,18-19,24-27,29-34H,1,11-12,14,17,20-23H2,2-9H3,(H,41,45)(H,42,46). The Morgan fingerprint density at radius 2 is 1.54 bits per heavy atom. The Morgan fingerprint density at radius 3 is 2.13 bits per heavy atom. The van der Waals surface area contributed by atoms with Crippen molar-refractivity contribution >= 4 is 35.6 Å². The zero-order valence-corrected chi connectivity index (χ0v) is 32.3. The van der Waals surface area contributed by atoms with E-state index in [1.54, 1.807) is 40.7 Å². The van der Waals surface area contributed by atoms with Gasteiger partial charge in [0.1, 0.15) is 30.3 Å². The summed E-state index contributed by atoms with van der Waals surface area (Å²) in [7, 11) is 1.49. The number of hydrogen-bond acceptors (Lipinski definition) is 8. The molecule has 0 spiro atoms. The van der Waals surface area contributed by atoms with Crippen molar-refractivity contribution in [1.82, 2.24) is 20.4 Å². The summed E-state index contributed by atoms with van der Waals surface area (Å²) in [6.07, 6.45) is 2.66. The van der Waals surface area contributed by atoms with Crippen LogP contribution in [-0.2, 0) is 44.7 Å². The summed E-state index contributed by atoms with van der Waals surface area (Å²) < 4.78 is 12.1. The molecule has 3 rings (SSSR count). The predicted octanol–water partition coefficient (Wildman–Crippen LogP) is 4.20. The largest absolute Gasteiger partial charge is 0.460 e. The van der Waals surface area contributed by atoms with Gasteiger partial charge in [-0.15, -0.1) is 6.58 Å². The zero-order chi connectivity index (χ0) is 38.7. The first kappa shape index (κ1) is 42.2. The van der Waals surface area contributed by atoms with Gasteiger partial charge in [0.2, 0.25) is 17.7 Å². The predicted molar refractivity (Wildman–Crippen MR) is 197 cm³/mol. The average Bonchev–Trinajstić information content (AvgIpc) is 3.61. The number of esters is 2. The van der Waals surface area contributed by atoms with Gasteiger partial charge in [0.05, 0.1) is 5.92 Å². The van der Waals surface area contributed by atoms with Crippen molar-refractivity contribution in [2.24, 2.45) is 23.7 Å². The van der Waals surface area contributed by atoms with Crippen LogP contribution in [0.2, 0.25) is 0 Å². The van der Waals surface area contributed by atoms with Gasteiger partial charge < -0.3 is 29.9 Å². The minimum Gasteiger partial charge on any atom is -0.460 e. The number of unbranched alkanes of at least 4 members (excludes halogenated alkanes) is 1. The van der Waals surface area contributed by atoms with E-state index in [4.69, 9.17) is 9.47 Å². The van der Waals surface area contributed by atoms with Gasteiger partial charge in [-0.25, -0.2) is 9.59 Å². The molecule has 0 aromatic heterocycles. The molecule has 1 aromatic rings. The maximum Gasteiger partial charge on any atom is 0.329 e. The second kappa shape index (κ2) is 19.6. The fourth-order valence-corrected chi connectivity index (χ4v) is 6.92. The highest BCUT2D eigenvalue weighted by Gasteiger charge is 2.44. The van der Waals surface area contributed by atoms with Crippen molar-refractivity contribution in [3.63, 3.8) is 0 Å². The van der Waals surface area contributed by atoms with Gasteiger partial charge >= 0.3 is 11.9 Å². The van der Waals surface area contributed by atoms with Crippen LogP contribution in [0.1, 0.15) is 92.6 Å². The van der Waals surface area contributed by atoms with Gasteiger partial charge in [-0.05, 0) is 55.4 Å². The summed E-state index contributed by atoms with van der Waals surface area (Å²) >= 11 is 0. The summed E-state index contributed by atoms with van der Waals surface area (Å²) in [5.41, 5.74) is 0.747. The van der Waals surface area contributed by atoms with Crippen LogP contribution in [0.15, 0.2) is 43.0 Å². The first-order valence-corrected chi connectivity index (χ1v) is 18.9. The molecule has 8 atom stereocenters. The molecule has 2 aliphatic rings. The van der Waals surface area contributed by atoms with Crippen LogP contribution < -0.4 is 10.6 Å². The Bertz CT molecular complexity index is 1420. The maximum absolute atomic E-state index is 14.3. The molecule has 2 saturated heterocycles. The molecule has 4 amide bonds. The third-order valence-corrected chi connectivity index (χ3v) is 10.4. The quantitative estimate of drug-likeness (QED) is 0.207. The van der Waals surface area contributed by atoms with E-state index < -0.39 is 83.8 Å². The number of amides is 4. The first-order valence-electron chi connectivity index (χ1n) is 18.9. The third-order valence-electron chi connectivity index (χ3n) is 10.4. The van der Waals surface area contributed by atoms with Gasteiger partial charge in [-0.2, -0.15) is 0 Å². The molecule has 2 aliphatic heterocycles. The van der Waals surface area contributed by atoms with E-state index >= 15 is 0 Å². The molecular formula is C40H60N4O8. The van der Waals surface area contributed by atoms with Crippen LogP contribution >= 0.6 is 0 Å².